The maximum atomic E-state index is 13.0. The standard InChI is InChI=1S/C24H27N7O3/c1-34-14-21-20(13-32)30(12-17-2-5-18-19(10-17)28-15-29-24(18)26)8-9-31(21)23(33)7-4-16-3-6-22(25)27-11-16/h2-7,10-11,13,15,20-21H,8-9,12,14H2,1H3,(H2,25,27)(H2,26,28,29)/t20?,21-/m1/s1. The molecule has 3 aromatic rings. The summed E-state index contributed by atoms with van der Waals surface area (Å²) in [6.07, 6.45) is 7.09. The molecule has 1 aliphatic heterocycles. The molecule has 1 amide bonds. The van der Waals surface area contributed by atoms with E-state index < -0.39 is 12.1 Å². The molecule has 4 N–H and O–H groups in total. The summed E-state index contributed by atoms with van der Waals surface area (Å²) in [6.45, 7) is 1.77. The van der Waals surface area contributed by atoms with Crippen LogP contribution in [-0.4, -0.2) is 75.8 Å². The SMILES string of the molecule is COC[C@@H]1C(C=O)N(Cc2ccc3c(N)ncnc3c2)CCN1C(=O)C=Cc1ccc(N)nc1. The molecule has 1 fully saturated rings. The summed E-state index contributed by atoms with van der Waals surface area (Å²) in [6, 6.07) is 8.31. The van der Waals surface area contributed by atoms with Gasteiger partial charge in [0.05, 0.1) is 24.2 Å². The van der Waals surface area contributed by atoms with E-state index in [2.05, 4.69) is 19.9 Å². The van der Waals surface area contributed by atoms with Crippen LogP contribution in [0.3, 0.4) is 0 Å². The van der Waals surface area contributed by atoms with Gasteiger partial charge < -0.3 is 25.9 Å². The molecule has 1 saturated heterocycles. The van der Waals surface area contributed by atoms with Gasteiger partial charge in [0.2, 0.25) is 5.91 Å². The number of hydrogen-bond acceptors (Lipinski definition) is 9. The lowest BCUT2D eigenvalue weighted by Crippen LogP contribution is -2.62. The zero-order chi connectivity index (χ0) is 24.1. The van der Waals surface area contributed by atoms with Gasteiger partial charge in [0, 0.05) is 44.4 Å². The van der Waals surface area contributed by atoms with Crippen molar-refractivity contribution in [3.05, 3.63) is 60.1 Å². The number of nitrogen functional groups attached to an aromatic ring is 2. The van der Waals surface area contributed by atoms with Crippen LogP contribution < -0.4 is 11.5 Å². The fraction of sp³-hybridized carbons (Fsp3) is 0.292. The first-order valence-corrected chi connectivity index (χ1v) is 10.9. The normalized spacial score (nSPS) is 19.0. The van der Waals surface area contributed by atoms with Gasteiger partial charge in [-0.05, 0) is 41.5 Å². The third-order valence-electron chi connectivity index (χ3n) is 5.95. The lowest BCUT2D eigenvalue weighted by atomic mass is 10.0. The quantitative estimate of drug-likeness (QED) is 0.391. The molecule has 176 valence electrons. The van der Waals surface area contributed by atoms with Gasteiger partial charge in [0.1, 0.15) is 24.2 Å². The molecule has 0 aliphatic carbocycles. The number of methoxy groups -OCH3 is 1. The number of benzene rings is 1. The minimum Gasteiger partial charge on any atom is -0.384 e. The van der Waals surface area contributed by atoms with Crippen LogP contribution in [0, 0.1) is 0 Å². The number of anilines is 2. The molecule has 0 spiro atoms. The highest BCUT2D eigenvalue weighted by Gasteiger charge is 2.38. The zero-order valence-corrected chi connectivity index (χ0v) is 18.9. The lowest BCUT2D eigenvalue weighted by Gasteiger charge is -2.45. The van der Waals surface area contributed by atoms with Crippen LogP contribution in [0.4, 0.5) is 11.6 Å². The average molecular weight is 462 g/mol. The molecule has 1 unspecified atom stereocenters. The fourth-order valence-electron chi connectivity index (χ4n) is 4.21. The van der Waals surface area contributed by atoms with Crippen molar-refractivity contribution in [3.8, 4) is 0 Å². The van der Waals surface area contributed by atoms with Gasteiger partial charge in [-0.25, -0.2) is 15.0 Å². The first-order valence-electron chi connectivity index (χ1n) is 10.9. The monoisotopic (exact) mass is 461 g/mol. The van der Waals surface area contributed by atoms with Crippen molar-refractivity contribution < 1.29 is 14.3 Å². The van der Waals surface area contributed by atoms with Gasteiger partial charge in [0.25, 0.3) is 0 Å². The number of aromatic nitrogens is 3. The van der Waals surface area contributed by atoms with Gasteiger partial charge in [-0.1, -0.05) is 6.07 Å². The number of carbonyl (C=O) groups is 2. The van der Waals surface area contributed by atoms with Crippen LogP contribution in [0.25, 0.3) is 17.0 Å². The Bertz CT molecular complexity index is 1200. The molecule has 34 heavy (non-hydrogen) atoms. The minimum atomic E-state index is -0.518. The summed E-state index contributed by atoms with van der Waals surface area (Å²) in [5, 5.41) is 0.786. The molecule has 10 nitrogen and oxygen atoms in total. The number of hydrogen-bond donors (Lipinski definition) is 2. The van der Waals surface area contributed by atoms with Crippen LogP contribution in [0.5, 0.6) is 0 Å². The van der Waals surface area contributed by atoms with Crippen molar-refractivity contribution in [1.82, 2.24) is 24.8 Å². The molecule has 2 atom stereocenters. The first-order chi connectivity index (χ1) is 16.5. The largest absolute Gasteiger partial charge is 0.384 e. The maximum absolute atomic E-state index is 13.0. The van der Waals surface area contributed by atoms with E-state index in [1.807, 2.05) is 18.2 Å². The van der Waals surface area contributed by atoms with Gasteiger partial charge in [-0.15, -0.1) is 0 Å². The van der Waals surface area contributed by atoms with E-state index in [-0.39, 0.29) is 12.5 Å². The number of pyridine rings is 1. The van der Waals surface area contributed by atoms with Gasteiger partial charge >= 0.3 is 0 Å². The van der Waals surface area contributed by atoms with Crippen LogP contribution in [0.1, 0.15) is 11.1 Å². The van der Waals surface area contributed by atoms with Crippen molar-refractivity contribution in [3.63, 3.8) is 0 Å². The Balaban J connectivity index is 1.51. The fourth-order valence-corrected chi connectivity index (χ4v) is 4.21. The number of aldehydes is 1. The van der Waals surface area contributed by atoms with Crippen LogP contribution in [0.15, 0.2) is 48.9 Å². The smallest absolute Gasteiger partial charge is 0.247 e. The Morgan fingerprint density at radius 1 is 1.18 bits per heavy atom. The van der Waals surface area contributed by atoms with Crippen LogP contribution in [0.2, 0.25) is 0 Å². The minimum absolute atomic E-state index is 0.191. The van der Waals surface area contributed by atoms with E-state index >= 15 is 0 Å². The molecule has 4 rings (SSSR count). The summed E-state index contributed by atoms with van der Waals surface area (Å²) in [4.78, 5) is 41.3. The Hall–Kier alpha value is -3.89. The van der Waals surface area contributed by atoms with Crippen molar-refractivity contribution in [2.45, 2.75) is 18.6 Å². The Labute approximate surface area is 197 Å². The zero-order valence-electron chi connectivity index (χ0n) is 18.9. The highest BCUT2D eigenvalue weighted by Crippen LogP contribution is 2.23. The number of nitrogens with zero attached hydrogens (tertiary/aromatic N) is 5. The van der Waals surface area contributed by atoms with Gasteiger partial charge in [-0.2, -0.15) is 0 Å². The summed E-state index contributed by atoms with van der Waals surface area (Å²) in [5.74, 6) is 0.650. The second-order valence-corrected chi connectivity index (χ2v) is 8.11. The predicted molar refractivity (Wildman–Crippen MR) is 129 cm³/mol. The average Bonchev–Trinajstić information content (AvgIpc) is 2.84. The van der Waals surface area contributed by atoms with Crippen LogP contribution >= 0.6 is 0 Å². The van der Waals surface area contributed by atoms with E-state index in [1.165, 1.54) is 12.4 Å². The number of amides is 1. The third-order valence-corrected chi connectivity index (χ3v) is 5.95. The lowest BCUT2D eigenvalue weighted by molar-refractivity contribution is -0.138. The molecule has 0 saturated carbocycles. The Morgan fingerprint density at radius 3 is 2.76 bits per heavy atom. The molecule has 0 bridgehead atoms. The van der Waals surface area contributed by atoms with Crippen molar-refractivity contribution in [2.75, 3.05) is 38.3 Å². The Morgan fingerprint density at radius 2 is 2.03 bits per heavy atom. The van der Waals surface area contributed by atoms with Crippen molar-refractivity contribution in [1.29, 1.82) is 0 Å². The van der Waals surface area contributed by atoms with E-state index in [1.54, 1.807) is 36.4 Å². The third kappa shape index (κ3) is 5.03. The van der Waals surface area contributed by atoms with Crippen molar-refractivity contribution >= 4 is 40.8 Å². The number of rotatable bonds is 7. The van der Waals surface area contributed by atoms with Crippen molar-refractivity contribution in [2.24, 2.45) is 0 Å². The molecular formula is C24H27N7O3. The van der Waals surface area contributed by atoms with Gasteiger partial charge in [0.15, 0.2) is 0 Å². The van der Waals surface area contributed by atoms with Crippen LogP contribution in [-0.2, 0) is 20.9 Å². The topological polar surface area (TPSA) is 141 Å². The van der Waals surface area contributed by atoms with E-state index in [0.29, 0.717) is 31.3 Å². The summed E-state index contributed by atoms with van der Waals surface area (Å²) in [5.41, 5.74) is 14.0. The van der Waals surface area contributed by atoms with Gasteiger partial charge in [-0.3, -0.25) is 9.69 Å². The molecule has 2 aromatic heterocycles. The molecule has 1 aliphatic rings. The second-order valence-electron chi connectivity index (χ2n) is 8.11. The number of ether oxygens (including phenoxy) is 1. The second kappa shape index (κ2) is 10.4. The first kappa shape index (κ1) is 23.3. The number of nitrogens with two attached hydrogens (primary N) is 2. The molecule has 10 heteroatoms. The molecule has 3 heterocycles. The molecular weight excluding hydrogens is 434 g/mol. The highest BCUT2D eigenvalue weighted by atomic mass is 16.5. The molecule has 1 aromatic carbocycles. The highest BCUT2D eigenvalue weighted by molar-refractivity contribution is 5.92. The molecule has 0 radical (unpaired) electrons. The summed E-state index contributed by atoms with van der Waals surface area (Å²) >= 11 is 0. The number of piperazine rings is 1. The van der Waals surface area contributed by atoms with E-state index in [4.69, 9.17) is 16.2 Å². The van der Waals surface area contributed by atoms with E-state index in [9.17, 15) is 9.59 Å². The maximum Gasteiger partial charge on any atom is 0.247 e. The number of fused-ring (bicyclic) bond motifs is 1. The van der Waals surface area contributed by atoms with E-state index in [0.717, 1.165) is 28.3 Å². The predicted octanol–water partition coefficient (Wildman–Crippen LogP) is 1.13. The Kier molecular flexibility index (Phi) is 7.09. The number of carbonyl (C=O) groups excluding carboxylic acids is 2. The summed E-state index contributed by atoms with van der Waals surface area (Å²) < 4.78 is 5.38. The summed E-state index contributed by atoms with van der Waals surface area (Å²) in [7, 11) is 1.56.